The van der Waals surface area contributed by atoms with Gasteiger partial charge in [0, 0.05) is 20.6 Å². The summed E-state index contributed by atoms with van der Waals surface area (Å²) < 4.78 is 5.53. The first-order valence-corrected chi connectivity index (χ1v) is 4.88. The first-order chi connectivity index (χ1) is 6.79. The van der Waals surface area contributed by atoms with E-state index < -0.39 is 0 Å². The molecule has 78 valence electrons. The van der Waals surface area contributed by atoms with Gasteiger partial charge in [-0.3, -0.25) is 10.4 Å². The van der Waals surface area contributed by atoms with Crippen LogP contribution in [0.2, 0.25) is 0 Å². The Morgan fingerprint density at radius 1 is 1.21 bits per heavy atom. The summed E-state index contributed by atoms with van der Waals surface area (Å²) in [5.74, 6) is 0.942. The Morgan fingerprint density at radius 2 is 1.93 bits per heavy atom. The van der Waals surface area contributed by atoms with Crippen LogP contribution in [0.25, 0.3) is 0 Å². The topological polar surface area (TPSA) is 24.5 Å². The van der Waals surface area contributed by atoms with Crippen molar-refractivity contribution in [3.63, 3.8) is 0 Å². The second-order valence-electron chi connectivity index (χ2n) is 3.32. The van der Waals surface area contributed by atoms with Crippen molar-refractivity contribution in [2.24, 2.45) is 0 Å². The standard InChI is InChI=1S/C11H18N2O/c1-13(2)12-9-6-10-14-11-7-4-3-5-8-11/h3-5,7-8,12H,6,9-10H2,1-2H3. The number of nitrogens with one attached hydrogen (secondary N) is 1. The second-order valence-corrected chi connectivity index (χ2v) is 3.32. The van der Waals surface area contributed by atoms with Crippen molar-refractivity contribution in [3.05, 3.63) is 30.3 Å². The van der Waals surface area contributed by atoms with Gasteiger partial charge >= 0.3 is 0 Å². The summed E-state index contributed by atoms with van der Waals surface area (Å²) in [4.78, 5) is 0. The van der Waals surface area contributed by atoms with E-state index >= 15 is 0 Å². The van der Waals surface area contributed by atoms with E-state index in [2.05, 4.69) is 5.43 Å². The Hall–Kier alpha value is -1.06. The lowest BCUT2D eigenvalue weighted by Crippen LogP contribution is -2.31. The van der Waals surface area contributed by atoms with Crippen LogP contribution >= 0.6 is 0 Å². The average molecular weight is 194 g/mol. The highest BCUT2D eigenvalue weighted by Crippen LogP contribution is 2.07. The van der Waals surface area contributed by atoms with Crippen LogP contribution in [0.3, 0.4) is 0 Å². The predicted octanol–water partition coefficient (Wildman–Crippen LogP) is 1.52. The summed E-state index contributed by atoms with van der Waals surface area (Å²) in [6.45, 7) is 1.70. The van der Waals surface area contributed by atoms with Gasteiger partial charge < -0.3 is 4.74 Å². The zero-order valence-corrected chi connectivity index (χ0v) is 8.86. The molecule has 0 fully saturated rings. The molecule has 0 amide bonds. The van der Waals surface area contributed by atoms with E-state index in [1.807, 2.05) is 49.4 Å². The summed E-state index contributed by atoms with van der Waals surface area (Å²) in [6.07, 6.45) is 1.01. The fourth-order valence-corrected chi connectivity index (χ4v) is 1.08. The number of nitrogens with zero attached hydrogens (tertiary/aromatic N) is 1. The first-order valence-electron chi connectivity index (χ1n) is 4.88. The van der Waals surface area contributed by atoms with Gasteiger partial charge in [-0.25, -0.2) is 0 Å². The summed E-state index contributed by atoms with van der Waals surface area (Å²) in [6, 6.07) is 9.89. The van der Waals surface area contributed by atoms with Gasteiger partial charge in [0.2, 0.25) is 0 Å². The molecule has 0 aliphatic rings. The first kappa shape index (κ1) is 11.0. The van der Waals surface area contributed by atoms with E-state index in [4.69, 9.17) is 4.74 Å². The Balaban J connectivity index is 2.05. The van der Waals surface area contributed by atoms with Crippen LogP contribution in [-0.2, 0) is 0 Å². The number of benzene rings is 1. The number of hydrazine groups is 1. The predicted molar refractivity (Wildman–Crippen MR) is 58.2 cm³/mol. The number of hydrogen-bond acceptors (Lipinski definition) is 3. The molecule has 0 unspecified atom stereocenters. The van der Waals surface area contributed by atoms with Gasteiger partial charge in [-0.05, 0) is 18.6 Å². The minimum Gasteiger partial charge on any atom is -0.494 e. The van der Waals surface area contributed by atoms with Crippen molar-refractivity contribution in [1.82, 2.24) is 10.4 Å². The molecular weight excluding hydrogens is 176 g/mol. The largest absolute Gasteiger partial charge is 0.494 e. The molecule has 0 saturated carbocycles. The maximum absolute atomic E-state index is 5.53. The molecule has 0 aliphatic heterocycles. The molecule has 1 rings (SSSR count). The van der Waals surface area contributed by atoms with Gasteiger partial charge in [-0.1, -0.05) is 18.2 Å². The van der Waals surface area contributed by atoms with E-state index in [1.165, 1.54) is 0 Å². The van der Waals surface area contributed by atoms with Crippen LogP contribution in [0.4, 0.5) is 0 Å². The van der Waals surface area contributed by atoms with Crippen molar-refractivity contribution >= 4 is 0 Å². The van der Waals surface area contributed by atoms with Gasteiger partial charge in [0.25, 0.3) is 0 Å². The molecule has 14 heavy (non-hydrogen) atoms. The lowest BCUT2D eigenvalue weighted by atomic mass is 10.3. The van der Waals surface area contributed by atoms with E-state index in [0.29, 0.717) is 0 Å². The van der Waals surface area contributed by atoms with Crippen LogP contribution in [-0.4, -0.2) is 32.3 Å². The Bertz CT molecular complexity index is 236. The maximum Gasteiger partial charge on any atom is 0.119 e. The van der Waals surface area contributed by atoms with Crippen LogP contribution in [0.5, 0.6) is 5.75 Å². The molecule has 0 atom stereocenters. The zero-order valence-electron chi connectivity index (χ0n) is 8.86. The lowest BCUT2D eigenvalue weighted by Gasteiger charge is -2.11. The zero-order chi connectivity index (χ0) is 10.2. The van der Waals surface area contributed by atoms with E-state index in [1.54, 1.807) is 0 Å². The summed E-state index contributed by atoms with van der Waals surface area (Å²) in [5, 5.41) is 1.95. The van der Waals surface area contributed by atoms with Gasteiger partial charge in [0.15, 0.2) is 0 Å². The molecule has 0 aliphatic carbocycles. The Morgan fingerprint density at radius 3 is 2.57 bits per heavy atom. The Labute approximate surface area is 85.6 Å². The fourth-order valence-electron chi connectivity index (χ4n) is 1.08. The highest BCUT2D eigenvalue weighted by Gasteiger charge is 1.92. The monoisotopic (exact) mass is 194 g/mol. The van der Waals surface area contributed by atoms with Crippen molar-refractivity contribution < 1.29 is 4.74 Å². The van der Waals surface area contributed by atoms with Crippen molar-refractivity contribution in [2.45, 2.75) is 6.42 Å². The van der Waals surface area contributed by atoms with Crippen molar-refractivity contribution in [1.29, 1.82) is 0 Å². The smallest absolute Gasteiger partial charge is 0.119 e. The molecule has 0 heterocycles. The SMILES string of the molecule is CN(C)NCCCOc1ccccc1. The molecule has 3 heteroatoms. The molecule has 0 aromatic heterocycles. The van der Waals surface area contributed by atoms with Crippen LogP contribution in [0.15, 0.2) is 30.3 Å². The van der Waals surface area contributed by atoms with Crippen molar-refractivity contribution in [2.75, 3.05) is 27.2 Å². The van der Waals surface area contributed by atoms with Gasteiger partial charge in [0.1, 0.15) is 5.75 Å². The quantitative estimate of drug-likeness (QED) is 0.549. The van der Waals surface area contributed by atoms with Gasteiger partial charge in [-0.15, -0.1) is 0 Å². The molecule has 1 aromatic rings. The number of rotatable bonds is 6. The third-order valence-electron chi connectivity index (χ3n) is 1.76. The third kappa shape index (κ3) is 4.84. The lowest BCUT2D eigenvalue weighted by molar-refractivity contribution is 0.257. The highest BCUT2D eigenvalue weighted by atomic mass is 16.5. The molecule has 3 nitrogen and oxygen atoms in total. The molecule has 1 N–H and O–H groups in total. The summed E-state index contributed by atoms with van der Waals surface area (Å²) >= 11 is 0. The minimum atomic E-state index is 0.755. The van der Waals surface area contributed by atoms with Crippen LogP contribution < -0.4 is 10.2 Å². The second kappa shape index (κ2) is 6.40. The van der Waals surface area contributed by atoms with Crippen molar-refractivity contribution in [3.8, 4) is 5.75 Å². The highest BCUT2D eigenvalue weighted by molar-refractivity contribution is 5.20. The average Bonchev–Trinajstić information content (AvgIpc) is 2.18. The van der Waals surface area contributed by atoms with E-state index in [-0.39, 0.29) is 0 Å². The van der Waals surface area contributed by atoms with Gasteiger partial charge in [-0.2, -0.15) is 0 Å². The molecule has 0 saturated heterocycles. The number of ether oxygens (including phenoxy) is 1. The minimum absolute atomic E-state index is 0.755. The molecule has 0 spiro atoms. The van der Waals surface area contributed by atoms with E-state index in [0.717, 1.165) is 25.3 Å². The molecule has 1 aromatic carbocycles. The van der Waals surface area contributed by atoms with Crippen LogP contribution in [0, 0.1) is 0 Å². The molecular formula is C11H18N2O. The molecule has 0 radical (unpaired) electrons. The van der Waals surface area contributed by atoms with Crippen LogP contribution in [0.1, 0.15) is 6.42 Å². The third-order valence-corrected chi connectivity index (χ3v) is 1.76. The fraction of sp³-hybridized carbons (Fsp3) is 0.455. The molecule has 0 bridgehead atoms. The summed E-state index contributed by atoms with van der Waals surface area (Å²) in [7, 11) is 3.97. The summed E-state index contributed by atoms with van der Waals surface area (Å²) in [5.41, 5.74) is 3.19. The Kier molecular flexibility index (Phi) is 5.04. The van der Waals surface area contributed by atoms with E-state index in [9.17, 15) is 0 Å². The van der Waals surface area contributed by atoms with Gasteiger partial charge in [0.05, 0.1) is 6.61 Å². The number of hydrogen-bond donors (Lipinski definition) is 1. The number of para-hydroxylation sites is 1. The normalized spacial score (nSPS) is 10.5. The maximum atomic E-state index is 5.53.